The van der Waals surface area contributed by atoms with Crippen LogP contribution in [0.2, 0.25) is 0 Å². The number of fused-ring (bicyclic) bond motifs is 1. The summed E-state index contributed by atoms with van der Waals surface area (Å²) in [5.41, 5.74) is 1.97. The van der Waals surface area contributed by atoms with E-state index in [0.29, 0.717) is 22.2 Å². The Kier molecular flexibility index (Phi) is 3.62. The lowest BCUT2D eigenvalue weighted by atomic mass is 10.1. The molecule has 4 rings (SSSR count). The fraction of sp³-hybridized carbons (Fsp3) is 0.0588. The molecule has 24 heavy (non-hydrogen) atoms. The molecule has 1 aromatic heterocycles. The van der Waals surface area contributed by atoms with Crippen LogP contribution in [0.15, 0.2) is 47.8 Å². The Balaban J connectivity index is 1.52. The monoisotopic (exact) mass is 342 g/mol. The number of nitrogens with one attached hydrogen (secondary N) is 1. The number of ether oxygens (including phenoxy) is 2. The second kappa shape index (κ2) is 5.93. The number of thiazole rings is 1. The fourth-order valence-electron chi connectivity index (χ4n) is 2.29. The van der Waals surface area contributed by atoms with Crippen LogP contribution >= 0.6 is 11.3 Å². The first-order valence-electron chi connectivity index (χ1n) is 7.11. The standard InChI is InChI=1S/C17H11FN2O3S/c18-12-4-1-10(2-5-12)16(21)20-17-19-13(8-24-17)11-3-6-14-15(7-11)23-9-22-14/h1-8H,9H2,(H,19,20,21). The molecule has 0 bridgehead atoms. The molecule has 0 fully saturated rings. The van der Waals surface area contributed by atoms with Gasteiger partial charge in [0.25, 0.3) is 5.91 Å². The number of aromatic nitrogens is 1. The highest BCUT2D eigenvalue weighted by Gasteiger charge is 2.15. The Bertz CT molecular complexity index is 908. The molecule has 5 nitrogen and oxygen atoms in total. The molecule has 2 aromatic carbocycles. The number of hydrogen-bond donors (Lipinski definition) is 1. The SMILES string of the molecule is O=C(Nc1nc(-c2ccc3c(c2)OCO3)cs1)c1ccc(F)cc1. The van der Waals surface area contributed by atoms with E-state index >= 15 is 0 Å². The Morgan fingerprint density at radius 2 is 1.92 bits per heavy atom. The van der Waals surface area contributed by atoms with Crippen LogP contribution in [0.25, 0.3) is 11.3 Å². The third-order valence-electron chi connectivity index (χ3n) is 3.50. The predicted octanol–water partition coefficient (Wildman–Crippen LogP) is 3.93. The minimum atomic E-state index is -0.383. The Hall–Kier alpha value is -2.93. The van der Waals surface area contributed by atoms with E-state index in [-0.39, 0.29) is 18.5 Å². The van der Waals surface area contributed by atoms with Gasteiger partial charge in [0.05, 0.1) is 5.69 Å². The maximum Gasteiger partial charge on any atom is 0.257 e. The first-order valence-corrected chi connectivity index (χ1v) is 7.99. The van der Waals surface area contributed by atoms with Gasteiger partial charge in [-0.25, -0.2) is 9.37 Å². The Morgan fingerprint density at radius 1 is 1.12 bits per heavy atom. The summed E-state index contributed by atoms with van der Waals surface area (Å²) in [6.45, 7) is 0.217. The summed E-state index contributed by atoms with van der Waals surface area (Å²) >= 11 is 1.31. The first kappa shape index (κ1) is 14.6. The third kappa shape index (κ3) is 2.81. The maximum absolute atomic E-state index is 12.9. The average molecular weight is 342 g/mol. The number of halogens is 1. The van der Waals surface area contributed by atoms with Crippen LogP contribution in [-0.2, 0) is 0 Å². The summed E-state index contributed by atoms with van der Waals surface area (Å²) in [4.78, 5) is 16.5. The van der Waals surface area contributed by atoms with Crippen molar-refractivity contribution in [3.63, 3.8) is 0 Å². The van der Waals surface area contributed by atoms with Crippen LogP contribution in [-0.4, -0.2) is 17.7 Å². The van der Waals surface area contributed by atoms with Gasteiger partial charge in [0.2, 0.25) is 6.79 Å². The van der Waals surface area contributed by atoms with Crippen LogP contribution in [0.4, 0.5) is 9.52 Å². The molecule has 1 N–H and O–H groups in total. The van der Waals surface area contributed by atoms with Crippen molar-refractivity contribution in [3.8, 4) is 22.8 Å². The van der Waals surface area contributed by atoms with E-state index in [1.54, 1.807) is 0 Å². The lowest BCUT2D eigenvalue weighted by molar-refractivity contribution is 0.102. The average Bonchev–Trinajstić information content (AvgIpc) is 3.23. The summed E-state index contributed by atoms with van der Waals surface area (Å²) in [6, 6.07) is 10.9. The Morgan fingerprint density at radius 3 is 2.75 bits per heavy atom. The quantitative estimate of drug-likeness (QED) is 0.783. The van der Waals surface area contributed by atoms with Gasteiger partial charge in [-0.3, -0.25) is 10.1 Å². The van der Waals surface area contributed by atoms with E-state index in [9.17, 15) is 9.18 Å². The second-order valence-corrected chi connectivity index (χ2v) is 5.93. The van der Waals surface area contributed by atoms with Crippen molar-refractivity contribution in [1.82, 2.24) is 4.98 Å². The summed E-state index contributed by atoms with van der Waals surface area (Å²) in [6.07, 6.45) is 0. The van der Waals surface area contributed by atoms with Gasteiger partial charge >= 0.3 is 0 Å². The molecule has 3 aromatic rings. The zero-order valence-electron chi connectivity index (χ0n) is 12.3. The van der Waals surface area contributed by atoms with Gasteiger partial charge in [-0.1, -0.05) is 0 Å². The lowest BCUT2D eigenvalue weighted by Gasteiger charge is -2.02. The topological polar surface area (TPSA) is 60.5 Å². The first-order chi connectivity index (χ1) is 11.7. The van der Waals surface area contributed by atoms with Gasteiger partial charge < -0.3 is 9.47 Å². The third-order valence-corrected chi connectivity index (χ3v) is 4.26. The zero-order valence-corrected chi connectivity index (χ0v) is 13.1. The molecule has 0 aliphatic carbocycles. The van der Waals surface area contributed by atoms with Crippen molar-refractivity contribution < 1.29 is 18.7 Å². The van der Waals surface area contributed by atoms with Gasteiger partial charge in [-0.05, 0) is 42.5 Å². The highest BCUT2D eigenvalue weighted by atomic mass is 32.1. The summed E-state index contributed by atoms with van der Waals surface area (Å²) in [7, 11) is 0. The molecule has 0 spiro atoms. The molecule has 0 radical (unpaired) electrons. The van der Waals surface area contributed by atoms with Gasteiger partial charge in [0.15, 0.2) is 16.6 Å². The van der Waals surface area contributed by atoms with Crippen molar-refractivity contribution in [2.24, 2.45) is 0 Å². The number of carbonyl (C=O) groups excluding carboxylic acids is 1. The van der Waals surface area contributed by atoms with E-state index in [2.05, 4.69) is 10.3 Å². The summed E-state index contributed by atoms with van der Waals surface area (Å²) in [5, 5.41) is 5.02. The molecule has 120 valence electrons. The summed E-state index contributed by atoms with van der Waals surface area (Å²) in [5.74, 6) is 0.670. The largest absolute Gasteiger partial charge is 0.454 e. The van der Waals surface area contributed by atoms with Crippen molar-refractivity contribution in [2.45, 2.75) is 0 Å². The van der Waals surface area contributed by atoms with E-state index in [4.69, 9.17) is 9.47 Å². The molecule has 0 unspecified atom stereocenters. The smallest absolute Gasteiger partial charge is 0.257 e. The highest BCUT2D eigenvalue weighted by molar-refractivity contribution is 7.14. The highest BCUT2D eigenvalue weighted by Crippen LogP contribution is 2.36. The van der Waals surface area contributed by atoms with E-state index in [0.717, 1.165) is 11.3 Å². The minimum Gasteiger partial charge on any atom is -0.454 e. The molecule has 0 atom stereocenters. The number of carbonyl (C=O) groups is 1. The fourth-order valence-corrected chi connectivity index (χ4v) is 3.00. The normalized spacial score (nSPS) is 12.2. The number of amides is 1. The van der Waals surface area contributed by atoms with Crippen molar-refractivity contribution in [2.75, 3.05) is 12.1 Å². The van der Waals surface area contributed by atoms with E-state index < -0.39 is 0 Å². The number of nitrogens with zero attached hydrogens (tertiary/aromatic N) is 1. The molecule has 1 aliphatic heterocycles. The predicted molar refractivity (Wildman–Crippen MR) is 88.0 cm³/mol. The van der Waals surface area contributed by atoms with Crippen LogP contribution in [0.1, 0.15) is 10.4 Å². The van der Waals surface area contributed by atoms with Gasteiger partial charge in [-0.15, -0.1) is 11.3 Å². The van der Waals surface area contributed by atoms with Crippen molar-refractivity contribution in [3.05, 3.63) is 59.2 Å². The molecular formula is C17H11FN2O3S. The van der Waals surface area contributed by atoms with Crippen LogP contribution < -0.4 is 14.8 Å². The van der Waals surface area contributed by atoms with Gasteiger partial charge in [0.1, 0.15) is 5.82 Å². The lowest BCUT2D eigenvalue weighted by Crippen LogP contribution is -2.11. The molecule has 0 saturated carbocycles. The number of benzene rings is 2. The van der Waals surface area contributed by atoms with E-state index in [1.165, 1.54) is 35.6 Å². The number of rotatable bonds is 3. The Labute approximate surface area is 140 Å². The molecule has 7 heteroatoms. The zero-order chi connectivity index (χ0) is 16.5. The van der Waals surface area contributed by atoms with Crippen LogP contribution in [0, 0.1) is 5.82 Å². The number of anilines is 1. The molecule has 1 amide bonds. The summed E-state index contributed by atoms with van der Waals surface area (Å²) < 4.78 is 23.5. The van der Waals surface area contributed by atoms with Crippen LogP contribution in [0.3, 0.4) is 0 Å². The maximum atomic E-state index is 12.9. The molecule has 2 heterocycles. The van der Waals surface area contributed by atoms with Crippen molar-refractivity contribution in [1.29, 1.82) is 0 Å². The minimum absolute atomic E-state index is 0.217. The molecular weight excluding hydrogens is 331 g/mol. The molecule has 1 aliphatic rings. The molecule has 0 saturated heterocycles. The second-order valence-electron chi connectivity index (χ2n) is 5.07. The van der Waals surface area contributed by atoms with Gasteiger partial charge in [0, 0.05) is 16.5 Å². The van der Waals surface area contributed by atoms with Crippen molar-refractivity contribution >= 4 is 22.4 Å². The van der Waals surface area contributed by atoms with Crippen LogP contribution in [0.5, 0.6) is 11.5 Å². The van der Waals surface area contributed by atoms with E-state index in [1.807, 2.05) is 23.6 Å². The van der Waals surface area contributed by atoms with Gasteiger partial charge in [-0.2, -0.15) is 0 Å². The number of hydrogen-bond acceptors (Lipinski definition) is 5.